The van der Waals surface area contributed by atoms with Gasteiger partial charge in [0.05, 0.1) is 0 Å². The zero-order valence-electron chi connectivity index (χ0n) is 17.1. The molecule has 156 valence electrons. The maximum Gasteiger partial charge on any atom is 0.407 e. The SMILES string of the molecule is C/C=C(\C)C(=O)CC[C@H](NC(=O)OCC1c2ccccc2-c2ccccc21)C(=O)O. The number of carboxylic acid groups (broad SMARTS) is 1. The van der Waals surface area contributed by atoms with Crippen molar-refractivity contribution < 1.29 is 24.2 Å². The summed E-state index contributed by atoms with van der Waals surface area (Å²) >= 11 is 0. The molecule has 0 aliphatic heterocycles. The first kappa shape index (κ1) is 21.3. The summed E-state index contributed by atoms with van der Waals surface area (Å²) in [5.74, 6) is -1.45. The van der Waals surface area contributed by atoms with Gasteiger partial charge < -0.3 is 15.2 Å². The number of carboxylic acids is 1. The number of ketones is 1. The quantitative estimate of drug-likeness (QED) is 0.637. The molecule has 1 aliphatic rings. The number of allylic oxidation sites excluding steroid dienone is 2. The Morgan fingerprint density at radius 2 is 1.63 bits per heavy atom. The summed E-state index contributed by atoms with van der Waals surface area (Å²) < 4.78 is 5.39. The minimum Gasteiger partial charge on any atom is -0.480 e. The van der Waals surface area contributed by atoms with Crippen LogP contribution >= 0.6 is 0 Å². The van der Waals surface area contributed by atoms with Crippen molar-refractivity contribution in [1.29, 1.82) is 0 Å². The van der Waals surface area contributed by atoms with Gasteiger partial charge in [-0.15, -0.1) is 0 Å². The van der Waals surface area contributed by atoms with Gasteiger partial charge in [0.2, 0.25) is 0 Å². The third-order valence-corrected chi connectivity index (χ3v) is 5.47. The molecule has 1 amide bonds. The Kier molecular flexibility index (Phi) is 6.67. The number of amides is 1. The first-order valence-electron chi connectivity index (χ1n) is 9.92. The van der Waals surface area contributed by atoms with Crippen LogP contribution in [0.15, 0.2) is 60.2 Å². The smallest absolute Gasteiger partial charge is 0.407 e. The van der Waals surface area contributed by atoms with E-state index in [1.807, 2.05) is 48.5 Å². The van der Waals surface area contributed by atoms with E-state index in [-0.39, 0.29) is 31.1 Å². The van der Waals surface area contributed by atoms with Crippen molar-refractivity contribution in [3.05, 3.63) is 71.3 Å². The van der Waals surface area contributed by atoms with Crippen LogP contribution in [0.1, 0.15) is 43.7 Å². The number of ether oxygens (including phenoxy) is 1. The van der Waals surface area contributed by atoms with Gasteiger partial charge in [-0.25, -0.2) is 9.59 Å². The molecule has 0 aromatic heterocycles. The van der Waals surface area contributed by atoms with Crippen molar-refractivity contribution >= 4 is 17.8 Å². The van der Waals surface area contributed by atoms with Gasteiger partial charge in [0.1, 0.15) is 12.6 Å². The van der Waals surface area contributed by atoms with Crippen LogP contribution in [-0.4, -0.2) is 35.6 Å². The lowest BCUT2D eigenvalue weighted by Crippen LogP contribution is -2.41. The number of nitrogens with one attached hydrogen (secondary N) is 1. The highest BCUT2D eigenvalue weighted by molar-refractivity contribution is 5.95. The van der Waals surface area contributed by atoms with E-state index in [1.165, 1.54) is 0 Å². The molecule has 0 bridgehead atoms. The predicted octanol–water partition coefficient (Wildman–Crippen LogP) is 4.29. The molecule has 0 saturated heterocycles. The minimum atomic E-state index is -1.20. The number of Topliss-reactive ketones (excluding diaryl/α,β-unsaturated/α-hetero) is 1. The molecule has 3 rings (SSSR count). The minimum absolute atomic E-state index is 0.00351. The zero-order chi connectivity index (χ0) is 21.7. The molecule has 30 heavy (non-hydrogen) atoms. The fourth-order valence-electron chi connectivity index (χ4n) is 3.67. The predicted molar refractivity (Wildman–Crippen MR) is 113 cm³/mol. The standard InChI is InChI=1S/C24H25NO5/c1-3-15(2)22(26)13-12-21(23(27)28)25-24(29)30-14-20-18-10-6-4-8-16(18)17-9-5-7-11-19(17)20/h3-11,20-21H,12-14H2,1-2H3,(H,25,29)(H,27,28)/b15-3+/t21-/m0/s1. The first-order valence-corrected chi connectivity index (χ1v) is 9.92. The van der Waals surface area contributed by atoms with Gasteiger partial charge >= 0.3 is 12.1 Å². The van der Waals surface area contributed by atoms with Crippen molar-refractivity contribution in [2.75, 3.05) is 6.61 Å². The number of carbonyl (C=O) groups excluding carboxylic acids is 2. The highest BCUT2D eigenvalue weighted by Crippen LogP contribution is 2.44. The van der Waals surface area contributed by atoms with Crippen molar-refractivity contribution in [1.82, 2.24) is 5.32 Å². The van der Waals surface area contributed by atoms with Crippen molar-refractivity contribution in [3.63, 3.8) is 0 Å². The van der Waals surface area contributed by atoms with Crippen LogP contribution in [0.4, 0.5) is 4.79 Å². The highest BCUT2D eigenvalue weighted by Gasteiger charge is 2.29. The average molecular weight is 407 g/mol. The Bertz CT molecular complexity index is 949. The maximum absolute atomic E-state index is 12.3. The third-order valence-electron chi connectivity index (χ3n) is 5.47. The molecule has 0 heterocycles. The normalized spacial score (nSPS) is 13.9. The lowest BCUT2D eigenvalue weighted by atomic mass is 9.98. The van der Waals surface area contributed by atoms with E-state index in [0.717, 1.165) is 22.3 Å². The molecule has 0 unspecified atom stereocenters. The Balaban J connectivity index is 1.62. The van der Waals surface area contributed by atoms with Crippen LogP contribution in [0.25, 0.3) is 11.1 Å². The topological polar surface area (TPSA) is 92.7 Å². The number of carbonyl (C=O) groups is 3. The number of rotatable bonds is 8. The Hall–Kier alpha value is -3.41. The molecule has 6 nitrogen and oxygen atoms in total. The average Bonchev–Trinajstić information content (AvgIpc) is 3.08. The van der Waals surface area contributed by atoms with E-state index in [1.54, 1.807) is 19.9 Å². The molecule has 2 aromatic carbocycles. The summed E-state index contributed by atoms with van der Waals surface area (Å²) in [7, 11) is 0. The van der Waals surface area contributed by atoms with Gasteiger partial charge in [-0.3, -0.25) is 4.79 Å². The van der Waals surface area contributed by atoms with E-state index in [0.29, 0.717) is 5.57 Å². The molecule has 2 N–H and O–H groups in total. The second-order valence-electron chi connectivity index (χ2n) is 7.29. The fraction of sp³-hybridized carbons (Fsp3) is 0.292. The van der Waals surface area contributed by atoms with Crippen LogP contribution in [0, 0.1) is 0 Å². The van der Waals surface area contributed by atoms with Gasteiger partial charge in [-0.05, 0) is 48.1 Å². The van der Waals surface area contributed by atoms with Gasteiger partial charge in [0.25, 0.3) is 0 Å². The van der Waals surface area contributed by atoms with E-state index in [9.17, 15) is 19.5 Å². The van der Waals surface area contributed by atoms with E-state index >= 15 is 0 Å². The number of alkyl carbamates (subject to hydrolysis) is 1. The molecular formula is C24H25NO5. The van der Waals surface area contributed by atoms with E-state index < -0.39 is 18.1 Å². The van der Waals surface area contributed by atoms with E-state index in [4.69, 9.17) is 4.74 Å². The first-order chi connectivity index (χ1) is 14.4. The van der Waals surface area contributed by atoms with Crippen molar-refractivity contribution in [3.8, 4) is 11.1 Å². The van der Waals surface area contributed by atoms with Gasteiger partial charge in [-0.1, -0.05) is 54.6 Å². The number of fused-ring (bicyclic) bond motifs is 3. The molecular weight excluding hydrogens is 382 g/mol. The number of aliphatic carboxylic acids is 1. The van der Waals surface area contributed by atoms with Gasteiger partial charge in [0.15, 0.2) is 5.78 Å². The molecule has 0 fully saturated rings. The summed E-state index contributed by atoms with van der Waals surface area (Å²) in [6.07, 6.45) is 0.914. The van der Waals surface area contributed by atoms with Crippen LogP contribution in [-0.2, 0) is 14.3 Å². The van der Waals surface area contributed by atoms with Crippen LogP contribution in [0.3, 0.4) is 0 Å². The Labute approximate surface area is 175 Å². The van der Waals surface area contributed by atoms with Crippen molar-refractivity contribution in [2.24, 2.45) is 0 Å². The summed E-state index contributed by atoms with van der Waals surface area (Å²) in [6.45, 7) is 3.52. The Morgan fingerprint density at radius 1 is 1.07 bits per heavy atom. The Morgan fingerprint density at radius 3 is 2.17 bits per heavy atom. The third kappa shape index (κ3) is 4.59. The lowest BCUT2D eigenvalue weighted by molar-refractivity contribution is -0.139. The molecule has 0 radical (unpaired) electrons. The highest BCUT2D eigenvalue weighted by atomic mass is 16.5. The van der Waals surface area contributed by atoms with Gasteiger partial charge in [-0.2, -0.15) is 0 Å². The summed E-state index contributed by atoms with van der Waals surface area (Å²) in [6, 6.07) is 14.8. The molecule has 2 aromatic rings. The van der Waals surface area contributed by atoms with Gasteiger partial charge in [0, 0.05) is 12.3 Å². The molecule has 6 heteroatoms. The summed E-state index contributed by atoms with van der Waals surface area (Å²) in [4.78, 5) is 35.7. The van der Waals surface area contributed by atoms with Crippen LogP contribution < -0.4 is 5.32 Å². The zero-order valence-corrected chi connectivity index (χ0v) is 17.1. The number of benzene rings is 2. The van der Waals surface area contributed by atoms with Crippen LogP contribution in [0.5, 0.6) is 0 Å². The maximum atomic E-state index is 12.3. The largest absolute Gasteiger partial charge is 0.480 e. The number of hydrogen-bond donors (Lipinski definition) is 2. The lowest BCUT2D eigenvalue weighted by Gasteiger charge is -2.17. The van der Waals surface area contributed by atoms with Crippen molar-refractivity contribution in [2.45, 2.75) is 38.6 Å². The van der Waals surface area contributed by atoms with E-state index in [2.05, 4.69) is 5.32 Å². The molecule has 1 atom stereocenters. The molecule has 1 aliphatic carbocycles. The molecule has 0 saturated carbocycles. The molecule has 0 spiro atoms. The fourth-order valence-corrected chi connectivity index (χ4v) is 3.67. The number of hydrogen-bond acceptors (Lipinski definition) is 4. The monoisotopic (exact) mass is 407 g/mol. The summed E-state index contributed by atoms with van der Waals surface area (Å²) in [5, 5.41) is 11.7. The second kappa shape index (κ2) is 9.39. The van der Waals surface area contributed by atoms with Crippen LogP contribution in [0.2, 0.25) is 0 Å². The summed E-state index contributed by atoms with van der Waals surface area (Å²) in [5.41, 5.74) is 4.95. The second-order valence-corrected chi connectivity index (χ2v) is 7.29.